The van der Waals surface area contributed by atoms with Crippen LogP contribution >= 0.6 is 11.3 Å². The van der Waals surface area contributed by atoms with Crippen LogP contribution in [0.15, 0.2) is 36.4 Å². The molecule has 0 saturated heterocycles. The van der Waals surface area contributed by atoms with Gasteiger partial charge in [0.15, 0.2) is 0 Å². The van der Waals surface area contributed by atoms with Gasteiger partial charge in [0.05, 0.1) is 20.8 Å². The predicted octanol–water partition coefficient (Wildman–Crippen LogP) is 2.58. The second-order valence-electron chi connectivity index (χ2n) is 5.44. The van der Waals surface area contributed by atoms with Gasteiger partial charge in [-0.25, -0.2) is 9.56 Å². The maximum atomic E-state index is 5.56. The van der Waals surface area contributed by atoms with Crippen molar-refractivity contribution in [1.29, 1.82) is 0 Å². The van der Waals surface area contributed by atoms with Gasteiger partial charge in [-0.1, -0.05) is 0 Å². The lowest BCUT2D eigenvalue weighted by Crippen LogP contribution is -2.29. The fourth-order valence-corrected chi connectivity index (χ4v) is 3.76. The normalized spacial score (nSPS) is 11.1. The Morgan fingerprint density at radius 1 is 1.13 bits per heavy atom. The van der Waals surface area contributed by atoms with Crippen LogP contribution in [0.5, 0.6) is 0 Å². The lowest BCUT2D eigenvalue weighted by atomic mass is 10.2. The molecule has 5 heteroatoms. The molecule has 3 rings (SSSR count). The second kappa shape index (κ2) is 7.06. The summed E-state index contributed by atoms with van der Waals surface area (Å²) in [7, 11) is 0. The summed E-state index contributed by atoms with van der Waals surface area (Å²) in [6, 6.07) is 12.8. The molecule has 4 nitrogen and oxygen atoms in total. The molecule has 0 unspecified atom stereocenters. The summed E-state index contributed by atoms with van der Waals surface area (Å²) < 4.78 is 3.55. The average Bonchev–Trinajstić information content (AvgIpc) is 2.59. The number of aromatic nitrogens is 1. The summed E-state index contributed by atoms with van der Waals surface area (Å²) in [6.07, 6.45) is 0. The Morgan fingerprint density at radius 2 is 1.96 bits per heavy atom. The van der Waals surface area contributed by atoms with Gasteiger partial charge in [0.2, 0.25) is 5.36 Å². The van der Waals surface area contributed by atoms with Crippen LogP contribution in [0.2, 0.25) is 0 Å². The molecule has 0 amide bonds. The highest BCUT2D eigenvalue weighted by atomic mass is 32.1. The van der Waals surface area contributed by atoms with Gasteiger partial charge in [-0.05, 0) is 38.1 Å². The van der Waals surface area contributed by atoms with Crippen LogP contribution in [0.25, 0.3) is 20.8 Å². The summed E-state index contributed by atoms with van der Waals surface area (Å²) >= 11 is 1.79. The van der Waals surface area contributed by atoms with Gasteiger partial charge in [0.25, 0.3) is 0 Å². The standard InChI is InChI=1S/C18H22N4S/c1-3-22(4-2)14-6-8-16-18(12-14)23-17-11-13(20-10-9-19)5-7-15(17)21-16/h5-8,11-12H,3-4,9-10,19H2,1-2H3/p+1. The molecule has 1 aliphatic heterocycles. The molecule has 0 spiro atoms. The van der Waals surface area contributed by atoms with Gasteiger partial charge in [-0.2, -0.15) is 0 Å². The SMILES string of the molecule is CC[N+](CC)=c1ccc2nc3ccc(NCCN)cc3sc-2c1. The van der Waals surface area contributed by atoms with Crippen molar-refractivity contribution < 1.29 is 0 Å². The maximum absolute atomic E-state index is 5.56. The highest BCUT2D eigenvalue weighted by Gasteiger charge is 2.10. The van der Waals surface area contributed by atoms with Gasteiger partial charge in [0.1, 0.15) is 13.1 Å². The molecule has 0 fully saturated rings. The number of benzene rings is 2. The molecule has 0 radical (unpaired) electrons. The largest absolute Gasteiger partial charge is 0.384 e. The Bertz CT molecular complexity index is 847. The quantitative estimate of drug-likeness (QED) is 0.559. The molecule has 2 aliphatic rings. The molecular formula is C18H23N4S+. The highest BCUT2D eigenvalue weighted by molar-refractivity contribution is 7.21. The number of nitrogens with zero attached hydrogens (tertiary/aromatic N) is 2. The van der Waals surface area contributed by atoms with Crippen LogP contribution in [0, 0.1) is 0 Å². The summed E-state index contributed by atoms with van der Waals surface area (Å²) in [6.45, 7) is 7.81. The molecule has 1 aliphatic carbocycles. The van der Waals surface area contributed by atoms with Crippen molar-refractivity contribution in [2.45, 2.75) is 13.8 Å². The Balaban J connectivity index is 2.14. The van der Waals surface area contributed by atoms with Crippen molar-refractivity contribution in [3.05, 3.63) is 41.8 Å². The van der Waals surface area contributed by atoms with E-state index in [1.54, 1.807) is 11.3 Å². The van der Waals surface area contributed by atoms with E-state index < -0.39 is 0 Å². The Labute approximate surface area is 140 Å². The zero-order valence-electron chi connectivity index (χ0n) is 13.7. The number of hydrogen-bond donors (Lipinski definition) is 2. The van der Waals surface area contributed by atoms with E-state index in [0.717, 1.165) is 36.5 Å². The third-order valence-electron chi connectivity index (χ3n) is 3.97. The molecule has 0 atom stereocenters. The molecule has 120 valence electrons. The van der Waals surface area contributed by atoms with Crippen LogP contribution in [0.4, 0.5) is 5.69 Å². The minimum Gasteiger partial charge on any atom is -0.384 e. The lowest BCUT2D eigenvalue weighted by molar-refractivity contribution is 0.626. The third-order valence-corrected chi connectivity index (χ3v) is 5.06. The first kappa shape index (κ1) is 15.9. The van der Waals surface area contributed by atoms with E-state index in [4.69, 9.17) is 10.7 Å². The van der Waals surface area contributed by atoms with Crippen LogP contribution in [-0.2, 0) is 0 Å². The fraction of sp³-hybridized carbons (Fsp3) is 0.333. The van der Waals surface area contributed by atoms with Gasteiger partial charge in [-0.3, -0.25) is 0 Å². The third kappa shape index (κ3) is 3.35. The molecule has 3 N–H and O–H groups in total. The first-order valence-corrected chi connectivity index (χ1v) is 8.93. The van der Waals surface area contributed by atoms with Crippen LogP contribution < -0.4 is 21.0 Å². The minimum atomic E-state index is 0.630. The van der Waals surface area contributed by atoms with Crippen LogP contribution in [0.3, 0.4) is 0 Å². The summed E-state index contributed by atoms with van der Waals surface area (Å²) in [5.74, 6) is 0. The fourth-order valence-electron chi connectivity index (χ4n) is 2.73. The lowest BCUT2D eigenvalue weighted by Gasteiger charge is -2.09. The molecule has 0 aromatic heterocycles. The summed E-state index contributed by atoms with van der Waals surface area (Å²) in [4.78, 5) is 6.01. The molecule has 1 heterocycles. The molecule has 1 aromatic rings. The first-order valence-electron chi connectivity index (χ1n) is 8.11. The van der Waals surface area contributed by atoms with Crippen molar-refractivity contribution in [3.63, 3.8) is 0 Å². The molecule has 1 aromatic carbocycles. The van der Waals surface area contributed by atoms with E-state index in [0.29, 0.717) is 6.54 Å². The first-order chi connectivity index (χ1) is 11.2. The van der Waals surface area contributed by atoms with Crippen molar-refractivity contribution in [1.82, 2.24) is 9.56 Å². The topological polar surface area (TPSA) is 54.0 Å². The molecule has 23 heavy (non-hydrogen) atoms. The van der Waals surface area contributed by atoms with Gasteiger partial charge < -0.3 is 11.1 Å². The van der Waals surface area contributed by atoms with Gasteiger partial charge >= 0.3 is 0 Å². The van der Waals surface area contributed by atoms with E-state index >= 15 is 0 Å². The molecule has 0 saturated carbocycles. The predicted molar refractivity (Wildman–Crippen MR) is 100 cm³/mol. The second-order valence-corrected chi connectivity index (χ2v) is 6.52. The van der Waals surface area contributed by atoms with E-state index in [2.05, 4.69) is 60.1 Å². The van der Waals surface area contributed by atoms with Crippen LogP contribution in [0.1, 0.15) is 13.8 Å². The van der Waals surface area contributed by atoms with Gasteiger partial charge in [0, 0.05) is 30.9 Å². The Morgan fingerprint density at radius 3 is 2.70 bits per heavy atom. The average molecular weight is 327 g/mol. The van der Waals surface area contributed by atoms with E-state index in [9.17, 15) is 0 Å². The number of rotatable bonds is 5. The Kier molecular flexibility index (Phi) is 4.88. The minimum absolute atomic E-state index is 0.630. The molecular weight excluding hydrogens is 304 g/mol. The monoisotopic (exact) mass is 327 g/mol. The zero-order chi connectivity index (χ0) is 16.2. The number of fused-ring (bicyclic) bond motifs is 2. The van der Waals surface area contributed by atoms with Crippen molar-refractivity contribution in [2.24, 2.45) is 5.73 Å². The zero-order valence-corrected chi connectivity index (χ0v) is 14.5. The van der Waals surface area contributed by atoms with Crippen molar-refractivity contribution >= 4 is 27.2 Å². The summed E-state index contributed by atoms with van der Waals surface area (Å²) in [5, 5.41) is 4.59. The van der Waals surface area contributed by atoms with E-state index in [1.165, 1.54) is 14.9 Å². The smallest absolute Gasteiger partial charge is 0.201 e. The van der Waals surface area contributed by atoms with Crippen molar-refractivity contribution in [2.75, 3.05) is 31.5 Å². The summed E-state index contributed by atoms with van der Waals surface area (Å²) in [5.41, 5.74) is 8.75. The van der Waals surface area contributed by atoms with Crippen molar-refractivity contribution in [3.8, 4) is 10.6 Å². The van der Waals surface area contributed by atoms with Crippen LogP contribution in [-0.4, -0.2) is 31.2 Å². The Hall–Kier alpha value is -1.98. The van der Waals surface area contributed by atoms with E-state index in [-0.39, 0.29) is 0 Å². The maximum Gasteiger partial charge on any atom is 0.201 e. The molecule has 0 bridgehead atoms. The number of hydrogen-bond acceptors (Lipinski definition) is 4. The number of anilines is 1. The van der Waals surface area contributed by atoms with Gasteiger partial charge in [-0.15, -0.1) is 11.3 Å². The van der Waals surface area contributed by atoms with E-state index in [1.807, 2.05) is 0 Å². The number of nitrogens with one attached hydrogen (secondary N) is 1. The number of nitrogens with two attached hydrogens (primary N) is 1. The highest BCUT2D eigenvalue weighted by Crippen LogP contribution is 2.30.